The number of nitrogens with zero attached hydrogens (tertiary/aromatic N) is 1. The molecule has 0 bridgehead atoms. The molecule has 5 nitrogen and oxygen atoms in total. The van der Waals surface area contributed by atoms with Gasteiger partial charge in [-0.2, -0.15) is 0 Å². The molecule has 0 saturated carbocycles. The van der Waals surface area contributed by atoms with Crippen molar-refractivity contribution in [3.63, 3.8) is 0 Å². The van der Waals surface area contributed by atoms with Gasteiger partial charge in [-0.3, -0.25) is 0 Å². The minimum Gasteiger partial charge on any atom is -0.454 e. The first kappa shape index (κ1) is 18.4. The highest BCUT2D eigenvalue weighted by Crippen LogP contribution is 2.39. The minimum absolute atomic E-state index is 0.234. The second-order valence-corrected chi connectivity index (χ2v) is 8.02. The number of hydrogen-bond acceptors (Lipinski definition) is 5. The Labute approximate surface area is 170 Å². The fourth-order valence-corrected chi connectivity index (χ4v) is 4.35. The molecule has 5 heteroatoms. The number of fused-ring (bicyclic) bond motifs is 2. The standard InChI is InChI=1S/C24H25NO4/c26-21(19-6-5-17-3-1-2-4-18(17)13-19)15-25-11-9-24(27,10-12-25)20-7-8-22-23(14-20)29-16-28-22/h1-8,13-14,21,26-27H,9-12,15-16H2/t21-/m1/s1. The van der Waals surface area contributed by atoms with Gasteiger partial charge in [0.05, 0.1) is 11.7 Å². The predicted molar refractivity (Wildman–Crippen MR) is 111 cm³/mol. The van der Waals surface area contributed by atoms with Crippen molar-refractivity contribution in [2.45, 2.75) is 24.5 Å². The van der Waals surface area contributed by atoms with Crippen LogP contribution >= 0.6 is 0 Å². The molecule has 1 atom stereocenters. The molecule has 1 fully saturated rings. The van der Waals surface area contributed by atoms with Gasteiger partial charge in [0, 0.05) is 19.6 Å². The highest BCUT2D eigenvalue weighted by atomic mass is 16.7. The smallest absolute Gasteiger partial charge is 0.231 e. The Morgan fingerprint density at radius 1 is 0.897 bits per heavy atom. The summed E-state index contributed by atoms with van der Waals surface area (Å²) in [5, 5.41) is 24.2. The van der Waals surface area contributed by atoms with E-state index in [1.54, 1.807) is 0 Å². The van der Waals surface area contributed by atoms with E-state index in [4.69, 9.17) is 9.47 Å². The topological polar surface area (TPSA) is 62.2 Å². The lowest BCUT2D eigenvalue weighted by molar-refractivity contribution is -0.0345. The quantitative estimate of drug-likeness (QED) is 0.712. The normalized spacial score (nSPS) is 19.4. The van der Waals surface area contributed by atoms with Crippen molar-refractivity contribution in [2.75, 3.05) is 26.4 Å². The van der Waals surface area contributed by atoms with Crippen LogP contribution in [-0.4, -0.2) is 41.5 Å². The van der Waals surface area contributed by atoms with Crippen molar-refractivity contribution in [2.24, 2.45) is 0 Å². The maximum absolute atomic E-state index is 11.2. The van der Waals surface area contributed by atoms with E-state index in [-0.39, 0.29) is 6.79 Å². The zero-order chi connectivity index (χ0) is 19.8. The molecule has 3 aromatic rings. The van der Waals surface area contributed by atoms with E-state index in [1.807, 2.05) is 36.4 Å². The van der Waals surface area contributed by atoms with Crippen LogP contribution in [0.4, 0.5) is 0 Å². The predicted octanol–water partition coefficient (Wildman–Crippen LogP) is 3.59. The monoisotopic (exact) mass is 391 g/mol. The average molecular weight is 391 g/mol. The second kappa shape index (κ2) is 7.34. The van der Waals surface area contributed by atoms with Crippen LogP contribution in [0.3, 0.4) is 0 Å². The lowest BCUT2D eigenvalue weighted by atomic mass is 9.84. The van der Waals surface area contributed by atoms with E-state index in [9.17, 15) is 10.2 Å². The van der Waals surface area contributed by atoms with Crippen LogP contribution < -0.4 is 9.47 Å². The van der Waals surface area contributed by atoms with Crippen LogP contribution in [0.25, 0.3) is 10.8 Å². The van der Waals surface area contributed by atoms with Crippen LogP contribution in [0, 0.1) is 0 Å². The van der Waals surface area contributed by atoms with E-state index in [1.165, 1.54) is 5.39 Å². The Bertz CT molecular complexity index is 1030. The molecule has 0 aliphatic carbocycles. The number of aliphatic hydroxyl groups excluding tert-OH is 1. The Balaban J connectivity index is 1.24. The maximum Gasteiger partial charge on any atom is 0.231 e. The van der Waals surface area contributed by atoms with E-state index in [2.05, 4.69) is 29.2 Å². The Kier molecular flexibility index (Phi) is 4.66. The number of ether oxygens (including phenoxy) is 2. The molecule has 2 heterocycles. The van der Waals surface area contributed by atoms with Gasteiger partial charge in [0.1, 0.15) is 0 Å². The summed E-state index contributed by atoms with van der Waals surface area (Å²) in [4.78, 5) is 2.22. The van der Waals surface area contributed by atoms with Gasteiger partial charge in [-0.25, -0.2) is 0 Å². The summed E-state index contributed by atoms with van der Waals surface area (Å²) in [5.74, 6) is 1.43. The lowest BCUT2D eigenvalue weighted by Gasteiger charge is -2.39. The number of benzene rings is 3. The van der Waals surface area contributed by atoms with Crippen molar-refractivity contribution >= 4 is 10.8 Å². The zero-order valence-corrected chi connectivity index (χ0v) is 16.3. The third-order valence-electron chi connectivity index (χ3n) is 6.18. The van der Waals surface area contributed by atoms with Crippen molar-refractivity contribution < 1.29 is 19.7 Å². The number of β-amino-alcohol motifs (C(OH)–C–C–N with tert-alkyl or cyclic N) is 1. The molecule has 2 aliphatic heterocycles. The lowest BCUT2D eigenvalue weighted by Crippen LogP contribution is -2.43. The summed E-state index contributed by atoms with van der Waals surface area (Å²) in [6.07, 6.45) is 0.699. The van der Waals surface area contributed by atoms with Crippen LogP contribution in [0.5, 0.6) is 11.5 Å². The molecule has 2 N–H and O–H groups in total. The molecule has 29 heavy (non-hydrogen) atoms. The summed E-state index contributed by atoms with van der Waals surface area (Å²) in [7, 11) is 0. The minimum atomic E-state index is -0.870. The van der Waals surface area contributed by atoms with Crippen molar-refractivity contribution in [1.82, 2.24) is 4.90 Å². The Morgan fingerprint density at radius 2 is 1.66 bits per heavy atom. The summed E-state index contributed by atoms with van der Waals surface area (Å²) in [5.41, 5.74) is 0.933. The molecule has 150 valence electrons. The van der Waals surface area contributed by atoms with E-state index >= 15 is 0 Å². The molecule has 2 aliphatic rings. The van der Waals surface area contributed by atoms with Gasteiger partial charge < -0.3 is 24.6 Å². The molecule has 0 spiro atoms. The van der Waals surface area contributed by atoms with Gasteiger partial charge in [-0.1, -0.05) is 42.5 Å². The number of piperidine rings is 1. The molecule has 0 radical (unpaired) electrons. The van der Waals surface area contributed by atoms with Crippen molar-refractivity contribution in [3.05, 3.63) is 71.8 Å². The van der Waals surface area contributed by atoms with Crippen LogP contribution in [0.15, 0.2) is 60.7 Å². The second-order valence-electron chi connectivity index (χ2n) is 8.02. The highest BCUT2D eigenvalue weighted by molar-refractivity contribution is 5.83. The van der Waals surface area contributed by atoms with Crippen LogP contribution in [-0.2, 0) is 5.60 Å². The van der Waals surface area contributed by atoms with E-state index < -0.39 is 11.7 Å². The summed E-state index contributed by atoms with van der Waals surface area (Å²) < 4.78 is 10.8. The first-order chi connectivity index (χ1) is 14.1. The van der Waals surface area contributed by atoms with E-state index in [0.717, 1.165) is 35.4 Å². The fourth-order valence-electron chi connectivity index (χ4n) is 4.35. The third kappa shape index (κ3) is 3.57. The van der Waals surface area contributed by atoms with Crippen LogP contribution in [0.1, 0.15) is 30.1 Å². The van der Waals surface area contributed by atoms with E-state index in [0.29, 0.717) is 25.1 Å². The third-order valence-corrected chi connectivity index (χ3v) is 6.18. The Morgan fingerprint density at radius 3 is 2.48 bits per heavy atom. The van der Waals surface area contributed by atoms with Crippen LogP contribution in [0.2, 0.25) is 0 Å². The maximum atomic E-state index is 11.2. The molecule has 0 amide bonds. The molecular weight excluding hydrogens is 366 g/mol. The summed E-state index contributed by atoms with van der Waals surface area (Å²) >= 11 is 0. The van der Waals surface area contributed by atoms with Gasteiger partial charge in [0.2, 0.25) is 6.79 Å². The number of aliphatic hydroxyl groups is 2. The number of likely N-dealkylation sites (tertiary alicyclic amines) is 1. The Hall–Kier alpha value is -2.60. The molecular formula is C24H25NO4. The zero-order valence-electron chi connectivity index (χ0n) is 16.3. The summed E-state index contributed by atoms with van der Waals surface area (Å²) in [6.45, 7) is 2.26. The van der Waals surface area contributed by atoms with Gasteiger partial charge >= 0.3 is 0 Å². The molecule has 1 saturated heterocycles. The highest BCUT2D eigenvalue weighted by Gasteiger charge is 2.35. The van der Waals surface area contributed by atoms with Crippen molar-refractivity contribution in [1.29, 1.82) is 0 Å². The van der Waals surface area contributed by atoms with Gasteiger partial charge in [-0.05, 0) is 52.9 Å². The molecule has 0 unspecified atom stereocenters. The van der Waals surface area contributed by atoms with Gasteiger partial charge in [0.15, 0.2) is 11.5 Å². The SMILES string of the molecule is O[C@H](CN1CCC(O)(c2ccc3c(c2)OCO3)CC1)c1ccc2ccccc2c1. The fraction of sp³-hybridized carbons (Fsp3) is 0.333. The average Bonchev–Trinajstić information content (AvgIpc) is 3.23. The van der Waals surface area contributed by atoms with Gasteiger partial charge in [-0.15, -0.1) is 0 Å². The largest absolute Gasteiger partial charge is 0.454 e. The van der Waals surface area contributed by atoms with Crippen molar-refractivity contribution in [3.8, 4) is 11.5 Å². The first-order valence-corrected chi connectivity index (χ1v) is 10.1. The first-order valence-electron chi connectivity index (χ1n) is 10.1. The van der Waals surface area contributed by atoms with Gasteiger partial charge in [0.25, 0.3) is 0 Å². The molecule has 0 aromatic heterocycles. The number of hydrogen-bond donors (Lipinski definition) is 2. The molecule has 5 rings (SSSR count). The molecule has 3 aromatic carbocycles. The number of rotatable bonds is 4. The summed E-state index contributed by atoms with van der Waals surface area (Å²) in [6, 6.07) is 20.0.